The van der Waals surface area contributed by atoms with Crippen molar-refractivity contribution in [1.82, 2.24) is 20.2 Å². The van der Waals surface area contributed by atoms with E-state index < -0.39 is 0 Å². The number of carbonyl (C=O) groups is 1. The van der Waals surface area contributed by atoms with Crippen LogP contribution < -0.4 is 10.1 Å². The lowest BCUT2D eigenvalue weighted by Crippen LogP contribution is -2.40. The average molecular weight is 292 g/mol. The van der Waals surface area contributed by atoms with Gasteiger partial charge in [-0.2, -0.15) is 4.98 Å². The second-order valence-corrected chi connectivity index (χ2v) is 5.38. The van der Waals surface area contributed by atoms with Gasteiger partial charge in [-0.05, 0) is 39.3 Å². The molecule has 1 unspecified atom stereocenters. The molecule has 6 heteroatoms. The zero-order valence-electron chi connectivity index (χ0n) is 13.1. The molecule has 1 N–H and O–H groups in total. The Balaban J connectivity index is 1.95. The molecule has 0 aromatic carbocycles. The first-order valence-electron chi connectivity index (χ1n) is 7.55. The Morgan fingerprint density at radius 1 is 1.57 bits per heavy atom. The van der Waals surface area contributed by atoms with Gasteiger partial charge >= 0.3 is 0 Å². The molecule has 2 heterocycles. The summed E-state index contributed by atoms with van der Waals surface area (Å²) < 4.78 is 5.16. The van der Waals surface area contributed by atoms with Crippen molar-refractivity contribution >= 4 is 5.91 Å². The van der Waals surface area contributed by atoms with Crippen molar-refractivity contribution in [2.75, 3.05) is 26.7 Å². The third kappa shape index (κ3) is 3.91. The van der Waals surface area contributed by atoms with E-state index in [1.54, 1.807) is 6.92 Å². The minimum Gasteiger partial charge on any atom is -0.480 e. The van der Waals surface area contributed by atoms with Crippen LogP contribution in [-0.2, 0) is 0 Å². The van der Waals surface area contributed by atoms with E-state index in [1.165, 1.54) is 19.7 Å². The average Bonchev–Trinajstić information content (AvgIpc) is 2.92. The number of aromatic nitrogens is 2. The highest BCUT2D eigenvalue weighted by Crippen LogP contribution is 2.17. The van der Waals surface area contributed by atoms with Gasteiger partial charge in [0, 0.05) is 18.8 Å². The first-order valence-corrected chi connectivity index (χ1v) is 7.55. The highest BCUT2D eigenvalue weighted by molar-refractivity contribution is 5.96. The molecular formula is C15H24N4O2. The van der Waals surface area contributed by atoms with Crippen LogP contribution in [0.1, 0.15) is 42.4 Å². The molecule has 0 bridgehead atoms. The number of ether oxygens (including phenoxy) is 1. The van der Waals surface area contributed by atoms with Crippen LogP contribution in [0.5, 0.6) is 5.88 Å². The van der Waals surface area contributed by atoms with Gasteiger partial charge in [-0.25, -0.2) is 4.98 Å². The van der Waals surface area contributed by atoms with Gasteiger partial charge in [-0.1, -0.05) is 6.92 Å². The van der Waals surface area contributed by atoms with Crippen LogP contribution in [0.15, 0.2) is 6.20 Å². The van der Waals surface area contributed by atoms with Crippen LogP contribution in [0, 0.1) is 6.92 Å². The lowest BCUT2D eigenvalue weighted by Gasteiger charge is -2.24. The number of amides is 1. The molecule has 1 aromatic rings. The quantitative estimate of drug-likeness (QED) is 0.858. The van der Waals surface area contributed by atoms with Gasteiger partial charge in [-0.15, -0.1) is 0 Å². The number of methoxy groups -OCH3 is 1. The summed E-state index contributed by atoms with van der Waals surface area (Å²) in [6.07, 6.45) is 5.01. The number of nitrogens with one attached hydrogen (secondary N) is 1. The smallest absolute Gasteiger partial charge is 0.258 e. The van der Waals surface area contributed by atoms with E-state index in [9.17, 15) is 4.79 Å². The largest absolute Gasteiger partial charge is 0.480 e. The topological polar surface area (TPSA) is 67.4 Å². The highest BCUT2D eigenvalue weighted by atomic mass is 16.5. The van der Waals surface area contributed by atoms with Gasteiger partial charge in [0.05, 0.1) is 7.11 Å². The lowest BCUT2D eigenvalue weighted by molar-refractivity contribution is 0.0936. The van der Waals surface area contributed by atoms with E-state index >= 15 is 0 Å². The summed E-state index contributed by atoms with van der Waals surface area (Å²) in [6.45, 7) is 6.84. The number of carbonyl (C=O) groups excluding carboxylic acids is 1. The summed E-state index contributed by atoms with van der Waals surface area (Å²) in [6, 6.07) is 0.436. The molecule has 2 rings (SSSR count). The molecule has 1 atom stereocenters. The summed E-state index contributed by atoms with van der Waals surface area (Å²) in [5.41, 5.74) is 0.392. The van der Waals surface area contributed by atoms with Crippen molar-refractivity contribution in [3.05, 3.63) is 17.6 Å². The van der Waals surface area contributed by atoms with Gasteiger partial charge in [0.1, 0.15) is 11.4 Å². The second-order valence-electron chi connectivity index (χ2n) is 5.38. The molecule has 1 aliphatic heterocycles. The predicted molar refractivity (Wildman–Crippen MR) is 80.5 cm³/mol. The van der Waals surface area contributed by atoms with Crippen LogP contribution in [-0.4, -0.2) is 53.6 Å². The summed E-state index contributed by atoms with van der Waals surface area (Å²) in [4.78, 5) is 22.9. The normalized spacial score (nSPS) is 18.7. The molecule has 116 valence electrons. The standard InChI is InChI=1S/C15H24N4O2/c1-4-7-19-8-5-6-12(19)9-17-14(20)13-10-16-11(2)18-15(13)21-3/h10,12H,4-9H2,1-3H3,(H,17,20). The Morgan fingerprint density at radius 3 is 3.10 bits per heavy atom. The van der Waals surface area contributed by atoms with Crippen LogP contribution in [0.2, 0.25) is 0 Å². The van der Waals surface area contributed by atoms with Crippen molar-refractivity contribution in [3.8, 4) is 5.88 Å². The molecule has 6 nitrogen and oxygen atoms in total. The second kappa shape index (κ2) is 7.36. The maximum Gasteiger partial charge on any atom is 0.258 e. The fraction of sp³-hybridized carbons (Fsp3) is 0.667. The van der Waals surface area contributed by atoms with Crippen LogP contribution in [0.3, 0.4) is 0 Å². The Hall–Kier alpha value is -1.69. The molecule has 21 heavy (non-hydrogen) atoms. The molecule has 1 amide bonds. The van der Waals surface area contributed by atoms with E-state index in [0.717, 1.165) is 25.9 Å². The Kier molecular flexibility index (Phi) is 5.50. The Bertz CT molecular complexity index is 493. The van der Waals surface area contributed by atoms with E-state index in [4.69, 9.17) is 4.74 Å². The van der Waals surface area contributed by atoms with Gasteiger partial charge in [0.2, 0.25) is 5.88 Å². The van der Waals surface area contributed by atoms with Crippen LogP contribution >= 0.6 is 0 Å². The molecule has 0 spiro atoms. The number of aryl methyl sites for hydroxylation is 1. The van der Waals surface area contributed by atoms with E-state index in [0.29, 0.717) is 29.9 Å². The van der Waals surface area contributed by atoms with Crippen molar-refractivity contribution in [2.24, 2.45) is 0 Å². The number of likely N-dealkylation sites (tertiary alicyclic amines) is 1. The van der Waals surface area contributed by atoms with Crippen molar-refractivity contribution < 1.29 is 9.53 Å². The zero-order chi connectivity index (χ0) is 15.2. The molecular weight excluding hydrogens is 268 g/mol. The molecule has 1 aliphatic rings. The predicted octanol–water partition coefficient (Wildman–Crippen LogP) is 1.40. The minimum atomic E-state index is -0.171. The third-order valence-electron chi connectivity index (χ3n) is 3.82. The first-order chi connectivity index (χ1) is 10.2. The monoisotopic (exact) mass is 292 g/mol. The summed E-state index contributed by atoms with van der Waals surface area (Å²) in [5, 5.41) is 2.98. The maximum absolute atomic E-state index is 12.3. The van der Waals surface area contributed by atoms with Crippen molar-refractivity contribution in [3.63, 3.8) is 0 Å². The molecule has 1 fully saturated rings. The Labute approximate surface area is 125 Å². The molecule has 1 aromatic heterocycles. The maximum atomic E-state index is 12.3. The Morgan fingerprint density at radius 2 is 2.38 bits per heavy atom. The zero-order valence-corrected chi connectivity index (χ0v) is 13.1. The van der Waals surface area contributed by atoms with Crippen molar-refractivity contribution in [2.45, 2.75) is 39.2 Å². The highest BCUT2D eigenvalue weighted by Gasteiger charge is 2.24. The molecule has 0 saturated carbocycles. The summed E-state index contributed by atoms with van der Waals surface area (Å²) in [5.74, 6) is 0.750. The third-order valence-corrected chi connectivity index (χ3v) is 3.82. The molecule has 0 aliphatic carbocycles. The first kappa shape index (κ1) is 15.7. The number of rotatable bonds is 6. The number of hydrogen-bond donors (Lipinski definition) is 1. The van der Waals surface area contributed by atoms with Crippen LogP contribution in [0.25, 0.3) is 0 Å². The van der Waals surface area contributed by atoms with Crippen molar-refractivity contribution in [1.29, 1.82) is 0 Å². The van der Waals surface area contributed by atoms with Crippen LogP contribution in [0.4, 0.5) is 0 Å². The summed E-state index contributed by atoms with van der Waals surface area (Å²) in [7, 11) is 1.51. The number of nitrogens with zero attached hydrogens (tertiary/aromatic N) is 3. The van der Waals surface area contributed by atoms with E-state index in [2.05, 4.69) is 27.1 Å². The molecule has 1 saturated heterocycles. The fourth-order valence-electron chi connectivity index (χ4n) is 2.77. The summed E-state index contributed by atoms with van der Waals surface area (Å²) >= 11 is 0. The SMILES string of the molecule is CCCN1CCCC1CNC(=O)c1cnc(C)nc1OC. The molecule has 0 radical (unpaired) electrons. The lowest BCUT2D eigenvalue weighted by atomic mass is 10.2. The van der Waals surface area contributed by atoms with Gasteiger partial charge in [0.25, 0.3) is 5.91 Å². The number of hydrogen-bond acceptors (Lipinski definition) is 5. The van der Waals surface area contributed by atoms with Gasteiger partial charge in [-0.3, -0.25) is 9.69 Å². The van der Waals surface area contributed by atoms with E-state index in [1.807, 2.05) is 0 Å². The van der Waals surface area contributed by atoms with Gasteiger partial charge in [0.15, 0.2) is 0 Å². The van der Waals surface area contributed by atoms with Gasteiger partial charge < -0.3 is 10.1 Å². The van der Waals surface area contributed by atoms with E-state index in [-0.39, 0.29) is 5.91 Å². The fourth-order valence-corrected chi connectivity index (χ4v) is 2.77. The minimum absolute atomic E-state index is 0.171.